The fraction of sp³-hybridized carbons (Fsp3) is 0.0909. The first-order valence-corrected chi connectivity index (χ1v) is 20.4. The first-order chi connectivity index (χ1) is 27.1. The minimum Gasteiger partial charge on any atom is -0.497 e. The van der Waals surface area contributed by atoms with E-state index in [2.05, 4.69) is 0 Å². The van der Waals surface area contributed by atoms with Crippen LogP contribution < -0.4 is 18.9 Å². The predicted molar refractivity (Wildman–Crippen MR) is 218 cm³/mol. The van der Waals surface area contributed by atoms with E-state index in [-0.39, 0.29) is 32.2 Å². The molecule has 10 nitrogen and oxygen atoms in total. The van der Waals surface area contributed by atoms with E-state index in [4.69, 9.17) is 18.9 Å². The van der Waals surface area contributed by atoms with Gasteiger partial charge in [-0.15, -0.1) is 0 Å². The van der Waals surface area contributed by atoms with Gasteiger partial charge in [0.05, 0.1) is 71.4 Å². The smallest absolute Gasteiger partial charge is 0.268 e. The van der Waals surface area contributed by atoms with Crippen LogP contribution in [0.3, 0.4) is 0 Å². The third-order valence-electron chi connectivity index (χ3n) is 9.75. The van der Waals surface area contributed by atoms with Gasteiger partial charge in [-0.3, -0.25) is 0 Å². The van der Waals surface area contributed by atoms with Crippen molar-refractivity contribution in [1.29, 1.82) is 0 Å². The van der Waals surface area contributed by atoms with Crippen molar-refractivity contribution < 1.29 is 35.8 Å². The summed E-state index contributed by atoms with van der Waals surface area (Å²) < 4.78 is 87.8. The van der Waals surface area contributed by atoms with Crippen molar-refractivity contribution in [2.45, 2.75) is 9.79 Å². The van der Waals surface area contributed by atoms with Crippen molar-refractivity contribution in [3.8, 4) is 56.6 Å². The average molecular weight is 785 g/mol. The van der Waals surface area contributed by atoms with Crippen LogP contribution in [-0.2, 0) is 20.0 Å². The maximum atomic E-state index is 15.5. The molecule has 56 heavy (non-hydrogen) atoms. The molecule has 0 radical (unpaired) electrons. The summed E-state index contributed by atoms with van der Waals surface area (Å²) in [6.07, 6.45) is 0. The molecule has 0 unspecified atom stereocenters. The highest BCUT2D eigenvalue weighted by atomic mass is 32.2. The fourth-order valence-electron chi connectivity index (χ4n) is 7.31. The largest absolute Gasteiger partial charge is 0.497 e. The van der Waals surface area contributed by atoms with Gasteiger partial charge in [0.15, 0.2) is 0 Å². The number of hydrogen-bond acceptors (Lipinski definition) is 8. The zero-order valence-corrected chi connectivity index (χ0v) is 32.5. The summed E-state index contributed by atoms with van der Waals surface area (Å²) in [5.74, 6) is 1.29. The molecule has 6 aromatic carbocycles. The summed E-state index contributed by atoms with van der Waals surface area (Å²) in [4.78, 5) is -0.0396. The Kier molecular flexibility index (Phi) is 9.31. The zero-order chi connectivity index (χ0) is 39.2. The molecule has 0 saturated heterocycles. The van der Waals surface area contributed by atoms with Gasteiger partial charge in [-0.25, -0.2) is 24.8 Å². The molecule has 12 heteroatoms. The van der Waals surface area contributed by atoms with Crippen LogP contribution in [0, 0.1) is 0 Å². The minimum absolute atomic E-state index is 0.0198. The van der Waals surface area contributed by atoms with Gasteiger partial charge < -0.3 is 18.9 Å². The maximum Gasteiger partial charge on any atom is 0.268 e. The molecule has 0 aliphatic heterocycles. The van der Waals surface area contributed by atoms with Crippen LogP contribution in [0.15, 0.2) is 155 Å². The van der Waals surface area contributed by atoms with Crippen molar-refractivity contribution >= 4 is 41.9 Å². The van der Waals surface area contributed by atoms with Crippen molar-refractivity contribution in [2.75, 3.05) is 28.4 Å². The molecule has 0 aliphatic carbocycles. The quantitative estimate of drug-likeness (QED) is 0.128. The van der Waals surface area contributed by atoms with Gasteiger partial charge in [-0.05, 0) is 35.4 Å². The molecule has 8 aromatic rings. The average Bonchev–Trinajstić information content (AvgIpc) is 3.78. The lowest BCUT2D eigenvalue weighted by Gasteiger charge is -2.18. The Morgan fingerprint density at radius 2 is 0.732 bits per heavy atom. The molecule has 2 aromatic heterocycles. The lowest BCUT2D eigenvalue weighted by atomic mass is 9.95. The number of ether oxygens (including phenoxy) is 4. The molecule has 0 bridgehead atoms. The number of hydrogen-bond donors (Lipinski definition) is 0. The lowest BCUT2D eigenvalue weighted by Crippen LogP contribution is -2.19. The Balaban J connectivity index is 1.75. The molecule has 8 rings (SSSR count). The van der Waals surface area contributed by atoms with Crippen LogP contribution in [0.1, 0.15) is 0 Å². The van der Waals surface area contributed by atoms with Crippen LogP contribution >= 0.6 is 0 Å². The molecule has 0 amide bonds. The van der Waals surface area contributed by atoms with Crippen LogP contribution in [0.25, 0.3) is 55.4 Å². The van der Waals surface area contributed by atoms with Crippen molar-refractivity contribution in [2.24, 2.45) is 0 Å². The van der Waals surface area contributed by atoms with E-state index in [0.29, 0.717) is 56.0 Å². The Morgan fingerprint density at radius 3 is 1.04 bits per heavy atom. The first-order valence-electron chi connectivity index (χ1n) is 17.5. The Morgan fingerprint density at radius 1 is 0.411 bits per heavy atom. The van der Waals surface area contributed by atoms with Crippen LogP contribution in [0.2, 0.25) is 0 Å². The summed E-state index contributed by atoms with van der Waals surface area (Å²) in [6, 6.07) is 41.1. The van der Waals surface area contributed by atoms with E-state index in [9.17, 15) is 0 Å². The van der Waals surface area contributed by atoms with Crippen molar-refractivity contribution in [3.63, 3.8) is 0 Å². The Labute approximate surface area is 324 Å². The van der Waals surface area contributed by atoms with E-state index < -0.39 is 20.0 Å². The summed E-state index contributed by atoms with van der Waals surface area (Å²) >= 11 is 0. The minimum atomic E-state index is -4.53. The second-order valence-corrected chi connectivity index (χ2v) is 16.4. The third kappa shape index (κ3) is 5.76. The Bertz CT molecular complexity index is 2760. The second kappa shape index (κ2) is 14.3. The second-order valence-electron chi connectivity index (χ2n) is 12.8. The topological polar surface area (TPSA) is 115 Å². The molecule has 0 aliphatic rings. The lowest BCUT2D eigenvalue weighted by molar-refractivity contribution is 0.397. The number of aromatic nitrogens is 2. The van der Waals surface area contributed by atoms with Crippen LogP contribution in [-0.4, -0.2) is 53.2 Å². The summed E-state index contributed by atoms with van der Waals surface area (Å²) in [7, 11) is -3.11. The number of fused-ring (bicyclic) bond motifs is 2. The van der Waals surface area contributed by atoms with E-state index in [0.717, 1.165) is 0 Å². The molecule has 282 valence electrons. The van der Waals surface area contributed by atoms with E-state index in [1.54, 1.807) is 60.7 Å². The highest BCUT2D eigenvalue weighted by molar-refractivity contribution is 7.90. The van der Waals surface area contributed by atoms with Gasteiger partial charge >= 0.3 is 0 Å². The number of rotatable bonds is 11. The fourth-order valence-corrected chi connectivity index (χ4v) is 10.4. The SMILES string of the molecule is COc1cc(OC)c2c(-c3ccccc3)c(-c3c(-c4ccccc4)c4c(OC)cc(OC)cc4n3S(=O)(=O)c3ccccc3)n(S(=O)(=O)c3ccccc3)c2c1. The van der Waals surface area contributed by atoms with Crippen molar-refractivity contribution in [1.82, 2.24) is 7.94 Å². The normalized spacial score (nSPS) is 11.9. The van der Waals surface area contributed by atoms with E-state index in [1.807, 2.05) is 60.7 Å². The molecule has 2 heterocycles. The van der Waals surface area contributed by atoms with Gasteiger partial charge in [0.1, 0.15) is 23.0 Å². The maximum absolute atomic E-state index is 15.5. The number of methoxy groups -OCH3 is 4. The molecule has 0 saturated carbocycles. The number of benzene rings is 6. The molecular formula is C44H36N2O8S2. The van der Waals surface area contributed by atoms with Gasteiger partial charge in [0, 0.05) is 35.4 Å². The summed E-state index contributed by atoms with van der Waals surface area (Å²) in [6.45, 7) is 0. The monoisotopic (exact) mass is 784 g/mol. The third-order valence-corrected chi connectivity index (χ3v) is 13.2. The highest BCUT2D eigenvalue weighted by Gasteiger charge is 2.38. The van der Waals surface area contributed by atoms with Crippen molar-refractivity contribution in [3.05, 3.63) is 146 Å². The highest BCUT2D eigenvalue weighted by Crippen LogP contribution is 2.54. The Hall–Kier alpha value is -6.50. The molecule has 0 atom stereocenters. The summed E-state index contributed by atoms with van der Waals surface area (Å²) in [5, 5.41) is 0.845. The van der Waals surface area contributed by atoms with Gasteiger partial charge in [-0.1, -0.05) is 97.1 Å². The standard InChI is InChI=1S/C44H36N2O8S2/c1-51-31-25-35-41(37(27-31)53-3)39(29-17-9-5-10-18-29)43(45(35)55(47,48)33-21-13-7-14-22-33)44-40(30-19-11-6-12-20-30)42-36(26-32(52-2)28-38(42)54-4)46(44)56(49,50)34-23-15-8-16-24-34/h5-28H,1-4H3. The number of nitrogens with zero attached hydrogens (tertiary/aromatic N) is 2. The molecule has 0 N–H and O–H groups in total. The molecule has 0 fully saturated rings. The zero-order valence-electron chi connectivity index (χ0n) is 30.8. The van der Waals surface area contributed by atoms with Gasteiger partial charge in [0.25, 0.3) is 20.0 Å². The van der Waals surface area contributed by atoms with Crippen LogP contribution in [0.4, 0.5) is 0 Å². The molecule has 0 spiro atoms. The van der Waals surface area contributed by atoms with Gasteiger partial charge in [0.2, 0.25) is 0 Å². The van der Waals surface area contributed by atoms with Gasteiger partial charge in [-0.2, -0.15) is 0 Å². The molecular weight excluding hydrogens is 749 g/mol. The first kappa shape index (κ1) is 36.5. The van der Waals surface area contributed by atoms with Crippen LogP contribution in [0.5, 0.6) is 23.0 Å². The predicted octanol–water partition coefficient (Wildman–Crippen LogP) is 9.11. The van der Waals surface area contributed by atoms with E-state index >= 15 is 16.8 Å². The summed E-state index contributed by atoms with van der Waals surface area (Å²) in [5.41, 5.74) is 2.58. The van der Waals surface area contributed by atoms with E-state index in [1.165, 1.54) is 60.6 Å².